The Labute approximate surface area is 157 Å². The van der Waals surface area contributed by atoms with Crippen molar-refractivity contribution in [2.75, 3.05) is 12.3 Å². The molecule has 0 radical (unpaired) electrons. The third kappa shape index (κ3) is 8.02. The molecule has 0 aliphatic carbocycles. The average Bonchev–Trinajstić information content (AvgIpc) is 2.59. The zero-order valence-electron chi connectivity index (χ0n) is 15.1. The molecule has 0 aromatic heterocycles. The van der Waals surface area contributed by atoms with Gasteiger partial charge in [0.2, 0.25) is 17.7 Å². The van der Waals surface area contributed by atoms with Crippen LogP contribution in [0.5, 0.6) is 0 Å². The van der Waals surface area contributed by atoms with Crippen molar-refractivity contribution in [3.8, 4) is 0 Å². The van der Waals surface area contributed by atoms with Gasteiger partial charge in [-0.05, 0) is 12.8 Å². The number of aliphatic carboxylic acids is 1. The van der Waals surface area contributed by atoms with Crippen molar-refractivity contribution in [3.05, 3.63) is 0 Å². The first kappa shape index (κ1) is 24.1. The van der Waals surface area contributed by atoms with Crippen molar-refractivity contribution < 1.29 is 29.4 Å². The number of aliphatic hydroxyl groups is 1. The van der Waals surface area contributed by atoms with Gasteiger partial charge < -0.3 is 31.9 Å². The van der Waals surface area contributed by atoms with Crippen molar-refractivity contribution in [2.24, 2.45) is 11.7 Å². The first-order valence-corrected chi connectivity index (χ1v) is 8.83. The van der Waals surface area contributed by atoms with Crippen LogP contribution < -0.4 is 21.7 Å². The quantitative estimate of drug-likeness (QED) is 0.196. The summed E-state index contributed by atoms with van der Waals surface area (Å²) in [6, 6.07) is -3.26. The van der Waals surface area contributed by atoms with E-state index in [9.17, 15) is 24.3 Å². The number of amides is 3. The van der Waals surface area contributed by atoms with E-state index in [1.54, 1.807) is 6.92 Å². The molecule has 0 spiro atoms. The van der Waals surface area contributed by atoms with Crippen LogP contribution in [0.1, 0.15) is 27.2 Å². The molecule has 0 heterocycles. The van der Waals surface area contributed by atoms with E-state index in [4.69, 9.17) is 10.8 Å². The molecule has 0 aliphatic heterocycles. The highest BCUT2D eigenvalue weighted by Crippen LogP contribution is 2.08. The molecule has 0 rings (SSSR count). The second kappa shape index (κ2) is 11.7. The number of nitrogens with one attached hydrogen (secondary N) is 3. The van der Waals surface area contributed by atoms with Crippen molar-refractivity contribution in [1.29, 1.82) is 0 Å². The molecule has 0 aromatic carbocycles. The number of thiol groups is 1. The van der Waals surface area contributed by atoms with E-state index in [1.807, 2.05) is 6.92 Å². The lowest BCUT2D eigenvalue weighted by molar-refractivity contribution is -0.144. The van der Waals surface area contributed by atoms with E-state index < -0.39 is 54.5 Å². The fraction of sp³-hybridized carbons (Fsp3) is 0.733. The van der Waals surface area contributed by atoms with Crippen LogP contribution in [0.4, 0.5) is 0 Å². The minimum absolute atomic E-state index is 0.110. The fourth-order valence-electron chi connectivity index (χ4n) is 1.94. The lowest BCUT2D eigenvalue weighted by Crippen LogP contribution is -2.56. The lowest BCUT2D eigenvalue weighted by atomic mass is 9.98. The van der Waals surface area contributed by atoms with Crippen LogP contribution in [0.3, 0.4) is 0 Å². The molecule has 11 heteroatoms. The van der Waals surface area contributed by atoms with E-state index in [0.29, 0.717) is 6.42 Å². The van der Waals surface area contributed by atoms with Gasteiger partial charge in [0.25, 0.3) is 0 Å². The monoisotopic (exact) mass is 392 g/mol. The van der Waals surface area contributed by atoms with Crippen LogP contribution in [0.2, 0.25) is 0 Å². The van der Waals surface area contributed by atoms with Gasteiger partial charge in [0, 0.05) is 5.75 Å². The smallest absolute Gasteiger partial charge is 0.328 e. The molecule has 5 unspecified atom stereocenters. The van der Waals surface area contributed by atoms with Crippen molar-refractivity contribution >= 4 is 36.3 Å². The minimum atomic E-state index is -1.49. The third-order valence-corrected chi connectivity index (χ3v) is 4.21. The Morgan fingerprint density at radius 2 is 1.65 bits per heavy atom. The van der Waals surface area contributed by atoms with Gasteiger partial charge in [0.15, 0.2) is 6.04 Å². The van der Waals surface area contributed by atoms with Gasteiger partial charge >= 0.3 is 5.97 Å². The second-order valence-electron chi connectivity index (χ2n) is 6.00. The first-order valence-electron chi connectivity index (χ1n) is 8.19. The standard InChI is InChI=1S/C15H28N4O6S/c1-4-7(2)11(19-13(22)9(16)6-26)14(23)17-5-10(21)18-12(8(3)20)15(24)25/h7-9,11-12,20,26H,4-6,16H2,1-3H3,(H,17,23)(H,18,21)(H,19,22)(H,24,25). The Morgan fingerprint density at radius 3 is 2.08 bits per heavy atom. The van der Waals surface area contributed by atoms with Crippen LogP contribution in [0.25, 0.3) is 0 Å². The number of hydrogen-bond acceptors (Lipinski definition) is 7. The SMILES string of the molecule is CCC(C)C(NC(=O)C(N)CS)C(=O)NCC(=O)NC(C(=O)O)C(C)O. The molecule has 0 saturated carbocycles. The second-order valence-corrected chi connectivity index (χ2v) is 6.37. The van der Waals surface area contributed by atoms with Gasteiger partial charge in [-0.3, -0.25) is 14.4 Å². The highest BCUT2D eigenvalue weighted by Gasteiger charge is 2.29. The largest absolute Gasteiger partial charge is 0.480 e. The van der Waals surface area contributed by atoms with Crippen LogP contribution >= 0.6 is 12.6 Å². The Balaban J connectivity index is 4.82. The van der Waals surface area contributed by atoms with Crippen LogP contribution in [-0.4, -0.2) is 70.4 Å². The molecule has 0 bridgehead atoms. The zero-order valence-corrected chi connectivity index (χ0v) is 16.0. The lowest BCUT2D eigenvalue weighted by Gasteiger charge is -2.25. The van der Waals surface area contributed by atoms with Crippen molar-refractivity contribution in [2.45, 2.75) is 51.4 Å². The van der Waals surface area contributed by atoms with E-state index in [2.05, 4.69) is 28.6 Å². The van der Waals surface area contributed by atoms with Gasteiger partial charge in [0.05, 0.1) is 18.7 Å². The maximum atomic E-state index is 12.3. The molecule has 0 fully saturated rings. The molecule has 0 aliphatic rings. The van der Waals surface area contributed by atoms with E-state index in [0.717, 1.165) is 0 Å². The molecular formula is C15H28N4O6S. The summed E-state index contributed by atoms with van der Waals surface area (Å²) in [5, 5.41) is 25.2. The topological polar surface area (TPSA) is 171 Å². The zero-order chi connectivity index (χ0) is 20.4. The number of aliphatic hydroxyl groups excluding tert-OH is 1. The Morgan fingerprint density at radius 1 is 1.08 bits per heavy atom. The summed E-state index contributed by atoms with van der Waals surface area (Å²) in [6.45, 7) is 4.31. The summed E-state index contributed by atoms with van der Waals surface area (Å²) >= 11 is 3.93. The van der Waals surface area contributed by atoms with E-state index >= 15 is 0 Å². The fourth-order valence-corrected chi connectivity index (χ4v) is 2.10. The number of hydrogen-bond donors (Lipinski definition) is 7. The summed E-state index contributed by atoms with van der Waals surface area (Å²) in [6.07, 6.45) is -0.717. The Kier molecular flexibility index (Phi) is 10.9. The van der Waals surface area contributed by atoms with Crippen LogP contribution in [0.15, 0.2) is 0 Å². The van der Waals surface area contributed by atoms with Gasteiger partial charge in [0.1, 0.15) is 6.04 Å². The van der Waals surface area contributed by atoms with Crippen LogP contribution in [-0.2, 0) is 19.2 Å². The highest BCUT2D eigenvalue weighted by molar-refractivity contribution is 7.80. The minimum Gasteiger partial charge on any atom is -0.480 e. The number of nitrogens with two attached hydrogens (primary N) is 1. The summed E-state index contributed by atoms with van der Waals surface area (Å²) in [4.78, 5) is 46.9. The maximum absolute atomic E-state index is 12.3. The third-order valence-electron chi connectivity index (χ3n) is 3.81. The van der Waals surface area contributed by atoms with Gasteiger partial charge in [-0.2, -0.15) is 12.6 Å². The summed E-state index contributed by atoms with van der Waals surface area (Å²) in [7, 11) is 0. The van der Waals surface area contributed by atoms with Crippen molar-refractivity contribution in [1.82, 2.24) is 16.0 Å². The van der Waals surface area contributed by atoms with Crippen LogP contribution in [0, 0.1) is 5.92 Å². The van der Waals surface area contributed by atoms with E-state index in [-0.39, 0.29) is 11.7 Å². The van der Waals surface area contributed by atoms with Crippen molar-refractivity contribution in [3.63, 3.8) is 0 Å². The first-order chi connectivity index (χ1) is 12.0. The number of rotatable bonds is 11. The molecule has 7 N–H and O–H groups in total. The Hall–Kier alpha value is -1.85. The average molecular weight is 392 g/mol. The molecule has 26 heavy (non-hydrogen) atoms. The predicted molar refractivity (Wildman–Crippen MR) is 97.5 cm³/mol. The summed E-state index contributed by atoms with van der Waals surface area (Å²) in [5.74, 6) is -3.43. The molecule has 5 atom stereocenters. The molecule has 3 amide bonds. The molecular weight excluding hydrogens is 364 g/mol. The van der Waals surface area contributed by atoms with Gasteiger partial charge in [-0.25, -0.2) is 4.79 Å². The molecule has 150 valence electrons. The maximum Gasteiger partial charge on any atom is 0.328 e. The number of carboxylic acids is 1. The predicted octanol–water partition coefficient (Wildman–Crippen LogP) is -2.16. The summed E-state index contributed by atoms with van der Waals surface area (Å²) in [5.41, 5.74) is 5.58. The van der Waals surface area contributed by atoms with Gasteiger partial charge in [-0.15, -0.1) is 0 Å². The van der Waals surface area contributed by atoms with E-state index in [1.165, 1.54) is 6.92 Å². The Bertz CT molecular complexity index is 516. The molecule has 0 aromatic rings. The normalized spacial score (nSPS) is 16.5. The van der Waals surface area contributed by atoms with Gasteiger partial charge in [-0.1, -0.05) is 20.3 Å². The molecule has 10 nitrogen and oxygen atoms in total. The number of carbonyl (C=O) groups is 4. The number of carbonyl (C=O) groups excluding carboxylic acids is 3. The molecule has 0 saturated heterocycles. The highest BCUT2D eigenvalue weighted by atomic mass is 32.1. The number of carboxylic acid groups (broad SMARTS) is 1. The summed E-state index contributed by atoms with van der Waals surface area (Å²) < 4.78 is 0.